The van der Waals surface area contributed by atoms with Gasteiger partial charge in [-0.05, 0) is 48.9 Å². The van der Waals surface area contributed by atoms with Crippen molar-refractivity contribution in [2.75, 3.05) is 24.8 Å². The molecule has 0 saturated heterocycles. The summed E-state index contributed by atoms with van der Waals surface area (Å²) in [7, 11) is 3.13. The molecular weight excluding hydrogens is 398 g/mol. The molecule has 3 aromatic rings. The van der Waals surface area contributed by atoms with Crippen molar-refractivity contribution in [1.82, 2.24) is 4.98 Å². The topological polar surface area (TPSA) is 115 Å². The number of amides is 1. The second kappa shape index (κ2) is 9.17. The average Bonchev–Trinajstić information content (AvgIpc) is 2.77. The molecule has 0 aliphatic rings. The molecule has 160 valence electrons. The highest BCUT2D eigenvalue weighted by molar-refractivity contribution is 6.10. The zero-order valence-corrected chi connectivity index (χ0v) is 17.5. The van der Waals surface area contributed by atoms with E-state index in [2.05, 4.69) is 4.98 Å². The number of rotatable bonds is 7. The van der Waals surface area contributed by atoms with Crippen molar-refractivity contribution in [1.29, 1.82) is 0 Å². The fourth-order valence-electron chi connectivity index (χ4n) is 3.00. The standard InChI is InChI=1S/C23H23N3O5/c1-14-7-10-18(26(2)22(27)17-5-4-6-19(30-3)21(17)24)20(11-14)31-13-16-9-8-15(12-25-16)23(28)29/h4-12H,13,24H2,1-3H3,(H,28,29). The Balaban J connectivity index is 1.85. The molecule has 0 bridgehead atoms. The van der Waals surface area contributed by atoms with Gasteiger partial charge in [-0.15, -0.1) is 0 Å². The molecular formula is C23H23N3O5. The molecule has 31 heavy (non-hydrogen) atoms. The maximum absolute atomic E-state index is 13.1. The fraction of sp³-hybridized carbons (Fsp3) is 0.174. The van der Waals surface area contributed by atoms with Crippen LogP contribution in [0.25, 0.3) is 0 Å². The van der Waals surface area contributed by atoms with Gasteiger partial charge in [0.15, 0.2) is 0 Å². The van der Waals surface area contributed by atoms with Gasteiger partial charge in [0, 0.05) is 13.2 Å². The first-order valence-electron chi connectivity index (χ1n) is 9.44. The van der Waals surface area contributed by atoms with E-state index in [-0.39, 0.29) is 23.8 Å². The van der Waals surface area contributed by atoms with Crippen LogP contribution in [-0.4, -0.2) is 36.1 Å². The molecule has 0 unspecified atom stereocenters. The van der Waals surface area contributed by atoms with E-state index < -0.39 is 5.97 Å². The predicted molar refractivity (Wildman–Crippen MR) is 117 cm³/mol. The van der Waals surface area contributed by atoms with Gasteiger partial charge in [0.1, 0.15) is 18.1 Å². The van der Waals surface area contributed by atoms with E-state index in [1.165, 1.54) is 24.3 Å². The molecule has 0 fully saturated rings. The van der Waals surface area contributed by atoms with Crippen LogP contribution in [-0.2, 0) is 6.61 Å². The molecule has 8 heteroatoms. The molecule has 1 aromatic heterocycles. The zero-order valence-electron chi connectivity index (χ0n) is 17.5. The number of pyridine rings is 1. The summed E-state index contributed by atoms with van der Waals surface area (Å²) in [6.45, 7) is 2.03. The van der Waals surface area contributed by atoms with Crippen LogP contribution in [0.4, 0.5) is 11.4 Å². The Morgan fingerprint density at radius 3 is 2.55 bits per heavy atom. The SMILES string of the molecule is COc1cccc(C(=O)N(C)c2ccc(C)cc2OCc2ccc(C(=O)O)cn2)c1N. The lowest BCUT2D eigenvalue weighted by atomic mass is 10.1. The lowest BCUT2D eigenvalue weighted by Gasteiger charge is -2.22. The number of aromatic nitrogens is 1. The van der Waals surface area contributed by atoms with Crippen molar-refractivity contribution in [2.24, 2.45) is 0 Å². The van der Waals surface area contributed by atoms with E-state index >= 15 is 0 Å². The summed E-state index contributed by atoms with van der Waals surface area (Å²) in [5.41, 5.74) is 8.84. The summed E-state index contributed by atoms with van der Waals surface area (Å²) in [6, 6.07) is 13.6. The molecule has 0 saturated carbocycles. The van der Waals surface area contributed by atoms with E-state index in [0.717, 1.165) is 5.56 Å². The third-order valence-corrected chi connectivity index (χ3v) is 4.74. The quantitative estimate of drug-likeness (QED) is 0.561. The number of methoxy groups -OCH3 is 1. The largest absolute Gasteiger partial charge is 0.495 e. The van der Waals surface area contributed by atoms with Crippen molar-refractivity contribution in [2.45, 2.75) is 13.5 Å². The third-order valence-electron chi connectivity index (χ3n) is 4.74. The lowest BCUT2D eigenvalue weighted by Crippen LogP contribution is -2.27. The summed E-state index contributed by atoms with van der Waals surface area (Å²) >= 11 is 0. The van der Waals surface area contributed by atoms with E-state index in [4.69, 9.17) is 20.3 Å². The Morgan fingerprint density at radius 2 is 1.90 bits per heavy atom. The highest BCUT2D eigenvalue weighted by atomic mass is 16.5. The van der Waals surface area contributed by atoms with E-state index in [9.17, 15) is 9.59 Å². The minimum Gasteiger partial charge on any atom is -0.495 e. The number of carbonyl (C=O) groups excluding carboxylic acids is 1. The maximum Gasteiger partial charge on any atom is 0.337 e. The molecule has 0 radical (unpaired) electrons. The number of ether oxygens (including phenoxy) is 2. The number of anilines is 2. The van der Waals surface area contributed by atoms with E-state index in [1.807, 2.05) is 19.1 Å². The lowest BCUT2D eigenvalue weighted by molar-refractivity contribution is 0.0696. The van der Waals surface area contributed by atoms with Crippen LogP contribution in [0.5, 0.6) is 11.5 Å². The highest BCUT2D eigenvalue weighted by Gasteiger charge is 2.21. The van der Waals surface area contributed by atoms with Gasteiger partial charge in [0.05, 0.1) is 35.3 Å². The molecule has 1 amide bonds. The summed E-state index contributed by atoms with van der Waals surface area (Å²) in [5, 5.41) is 8.98. The van der Waals surface area contributed by atoms with Gasteiger partial charge in [-0.2, -0.15) is 0 Å². The molecule has 2 aromatic carbocycles. The second-order valence-electron chi connectivity index (χ2n) is 6.89. The molecule has 0 spiro atoms. The van der Waals surface area contributed by atoms with Crippen LogP contribution in [0.15, 0.2) is 54.7 Å². The number of benzene rings is 2. The first kappa shape index (κ1) is 21.6. The van der Waals surface area contributed by atoms with Crippen molar-refractivity contribution in [3.63, 3.8) is 0 Å². The number of nitrogen functional groups attached to an aromatic ring is 1. The van der Waals surface area contributed by atoms with Gasteiger partial charge >= 0.3 is 5.97 Å². The van der Waals surface area contributed by atoms with Crippen molar-refractivity contribution >= 4 is 23.3 Å². The first-order valence-corrected chi connectivity index (χ1v) is 9.44. The Hall–Kier alpha value is -4.07. The molecule has 0 aliphatic heterocycles. The van der Waals surface area contributed by atoms with Gasteiger partial charge in [-0.3, -0.25) is 9.78 Å². The first-order chi connectivity index (χ1) is 14.8. The number of aryl methyl sites for hydroxylation is 1. The maximum atomic E-state index is 13.1. The Labute approximate surface area is 179 Å². The summed E-state index contributed by atoms with van der Waals surface area (Å²) in [6.07, 6.45) is 1.28. The van der Waals surface area contributed by atoms with Gasteiger partial charge in [0.2, 0.25) is 0 Å². The summed E-state index contributed by atoms with van der Waals surface area (Å²) < 4.78 is 11.1. The fourth-order valence-corrected chi connectivity index (χ4v) is 3.00. The summed E-state index contributed by atoms with van der Waals surface area (Å²) in [5.74, 6) is -0.441. The van der Waals surface area contributed by atoms with E-state index in [0.29, 0.717) is 28.4 Å². The number of hydrogen-bond donors (Lipinski definition) is 2. The van der Waals surface area contributed by atoms with Crippen LogP contribution < -0.4 is 20.1 Å². The molecule has 3 rings (SSSR count). The van der Waals surface area contributed by atoms with Gasteiger partial charge in [-0.25, -0.2) is 4.79 Å². The monoisotopic (exact) mass is 421 g/mol. The van der Waals surface area contributed by atoms with Crippen molar-refractivity contribution < 1.29 is 24.2 Å². The number of hydrogen-bond acceptors (Lipinski definition) is 6. The number of carboxylic acids is 1. The number of carboxylic acid groups (broad SMARTS) is 1. The van der Waals surface area contributed by atoms with Crippen LogP contribution >= 0.6 is 0 Å². The Morgan fingerprint density at radius 1 is 1.13 bits per heavy atom. The van der Waals surface area contributed by atoms with Crippen LogP contribution in [0.3, 0.4) is 0 Å². The molecule has 8 nitrogen and oxygen atoms in total. The smallest absolute Gasteiger partial charge is 0.337 e. The van der Waals surface area contributed by atoms with E-state index in [1.54, 1.807) is 37.4 Å². The number of para-hydroxylation sites is 1. The van der Waals surface area contributed by atoms with Crippen molar-refractivity contribution in [3.8, 4) is 11.5 Å². The van der Waals surface area contributed by atoms with Gasteiger partial charge in [-0.1, -0.05) is 12.1 Å². The number of nitrogens with zero attached hydrogens (tertiary/aromatic N) is 2. The number of carbonyl (C=O) groups is 2. The molecule has 3 N–H and O–H groups in total. The molecule has 0 atom stereocenters. The number of aromatic carboxylic acids is 1. The average molecular weight is 421 g/mol. The van der Waals surface area contributed by atoms with Crippen LogP contribution in [0.1, 0.15) is 32.0 Å². The molecule has 1 heterocycles. The van der Waals surface area contributed by atoms with Crippen LogP contribution in [0, 0.1) is 6.92 Å². The zero-order chi connectivity index (χ0) is 22.5. The molecule has 0 aliphatic carbocycles. The normalized spacial score (nSPS) is 10.4. The Bertz CT molecular complexity index is 1110. The minimum absolute atomic E-state index is 0.0983. The third kappa shape index (κ3) is 4.75. The number of nitrogens with two attached hydrogens (primary N) is 1. The highest BCUT2D eigenvalue weighted by Crippen LogP contribution is 2.32. The summed E-state index contributed by atoms with van der Waals surface area (Å²) in [4.78, 5) is 29.6. The van der Waals surface area contributed by atoms with Crippen molar-refractivity contribution in [3.05, 3.63) is 77.1 Å². The van der Waals surface area contributed by atoms with Gasteiger partial charge < -0.3 is 25.2 Å². The predicted octanol–water partition coefficient (Wildman–Crippen LogP) is 3.53. The minimum atomic E-state index is -1.04. The van der Waals surface area contributed by atoms with Gasteiger partial charge in [0.25, 0.3) is 5.91 Å². The second-order valence-corrected chi connectivity index (χ2v) is 6.89. The van der Waals surface area contributed by atoms with Crippen LogP contribution in [0.2, 0.25) is 0 Å². The Kier molecular flexibility index (Phi) is 6.40.